The molecule has 6 nitrogen and oxygen atoms in total. The summed E-state index contributed by atoms with van der Waals surface area (Å²) in [5, 5.41) is 11.5. The molecular weight excluding hydrogens is 354 g/mol. The fraction of sp³-hybridized carbons (Fsp3) is 0.200. The average Bonchev–Trinajstić information content (AvgIpc) is 2.53. The number of carbonyl (C=O) groups is 1. The zero-order valence-electron chi connectivity index (χ0n) is 11.5. The van der Waals surface area contributed by atoms with E-state index in [0.717, 1.165) is 10.0 Å². The van der Waals surface area contributed by atoms with E-state index in [1.165, 1.54) is 12.3 Å². The highest BCUT2D eigenvalue weighted by molar-refractivity contribution is 9.10. The SMILES string of the molecule is O=C(OCc1cc2c(cc1Br)OCCO2)c1cccc[n+]1[O-]. The van der Waals surface area contributed by atoms with E-state index >= 15 is 0 Å². The first kappa shape index (κ1) is 14.6. The quantitative estimate of drug-likeness (QED) is 0.473. The van der Waals surface area contributed by atoms with Crippen molar-refractivity contribution in [1.82, 2.24) is 0 Å². The number of pyridine rings is 1. The van der Waals surface area contributed by atoms with E-state index in [1.807, 2.05) is 0 Å². The maximum atomic E-state index is 11.9. The lowest BCUT2D eigenvalue weighted by atomic mass is 10.2. The number of hydrogen-bond acceptors (Lipinski definition) is 5. The van der Waals surface area contributed by atoms with Gasteiger partial charge >= 0.3 is 11.7 Å². The monoisotopic (exact) mass is 365 g/mol. The van der Waals surface area contributed by atoms with Crippen LogP contribution in [0.3, 0.4) is 0 Å². The Bertz CT molecular complexity index is 719. The molecule has 114 valence electrons. The highest BCUT2D eigenvalue weighted by Gasteiger charge is 2.19. The minimum Gasteiger partial charge on any atom is -0.618 e. The minimum atomic E-state index is -0.683. The van der Waals surface area contributed by atoms with Gasteiger partial charge in [0.15, 0.2) is 17.7 Å². The normalized spacial score (nSPS) is 12.8. The topological polar surface area (TPSA) is 71.7 Å². The lowest BCUT2D eigenvalue weighted by molar-refractivity contribution is -0.608. The van der Waals surface area contributed by atoms with Gasteiger partial charge in [-0.25, -0.2) is 4.79 Å². The van der Waals surface area contributed by atoms with E-state index in [1.54, 1.807) is 24.3 Å². The van der Waals surface area contributed by atoms with Crippen LogP contribution in [0.25, 0.3) is 0 Å². The third kappa shape index (κ3) is 2.99. The van der Waals surface area contributed by atoms with Crippen molar-refractivity contribution >= 4 is 21.9 Å². The predicted octanol–water partition coefficient (Wildman–Crippen LogP) is 2.21. The Kier molecular flexibility index (Phi) is 4.15. The molecule has 0 saturated carbocycles. The molecule has 22 heavy (non-hydrogen) atoms. The van der Waals surface area contributed by atoms with Crippen molar-refractivity contribution in [3.63, 3.8) is 0 Å². The van der Waals surface area contributed by atoms with Gasteiger partial charge in [-0.05, 0) is 18.2 Å². The zero-order valence-corrected chi connectivity index (χ0v) is 13.0. The Morgan fingerprint density at radius 2 is 2.00 bits per heavy atom. The predicted molar refractivity (Wildman–Crippen MR) is 79.7 cm³/mol. The summed E-state index contributed by atoms with van der Waals surface area (Å²) in [7, 11) is 0. The van der Waals surface area contributed by atoms with Gasteiger partial charge in [0, 0.05) is 22.2 Å². The number of aromatic nitrogens is 1. The average molecular weight is 366 g/mol. The Balaban J connectivity index is 1.74. The summed E-state index contributed by atoms with van der Waals surface area (Å²) in [5.41, 5.74) is 0.669. The minimum absolute atomic E-state index is 0.0188. The second kappa shape index (κ2) is 6.23. The lowest BCUT2D eigenvalue weighted by Gasteiger charge is -2.19. The van der Waals surface area contributed by atoms with Crippen LogP contribution in [-0.4, -0.2) is 19.2 Å². The second-order valence-corrected chi connectivity index (χ2v) is 5.43. The molecule has 0 saturated heterocycles. The number of halogens is 1. The molecule has 0 unspecified atom stereocenters. The highest BCUT2D eigenvalue weighted by atomic mass is 79.9. The molecule has 2 heterocycles. The van der Waals surface area contributed by atoms with Gasteiger partial charge in [-0.15, -0.1) is 0 Å². The van der Waals surface area contributed by atoms with Gasteiger partial charge in [0.1, 0.15) is 19.8 Å². The van der Waals surface area contributed by atoms with E-state index in [2.05, 4.69) is 15.9 Å². The highest BCUT2D eigenvalue weighted by Crippen LogP contribution is 2.35. The maximum Gasteiger partial charge on any atom is 0.405 e. The zero-order chi connectivity index (χ0) is 15.5. The summed E-state index contributed by atoms with van der Waals surface area (Å²) in [6.45, 7) is 1.00. The number of hydrogen-bond donors (Lipinski definition) is 0. The fourth-order valence-electron chi connectivity index (χ4n) is 2.02. The van der Waals surface area contributed by atoms with Gasteiger partial charge < -0.3 is 19.4 Å². The van der Waals surface area contributed by atoms with E-state index in [0.29, 0.717) is 29.4 Å². The van der Waals surface area contributed by atoms with Crippen LogP contribution in [0.4, 0.5) is 0 Å². The van der Waals surface area contributed by atoms with Crippen molar-refractivity contribution in [3.05, 3.63) is 57.5 Å². The van der Waals surface area contributed by atoms with Crippen LogP contribution >= 0.6 is 15.9 Å². The number of ether oxygens (including phenoxy) is 3. The van der Waals surface area contributed by atoms with Crippen LogP contribution in [0.1, 0.15) is 16.1 Å². The molecule has 0 N–H and O–H groups in total. The molecule has 0 radical (unpaired) electrons. The Hall–Kier alpha value is -2.28. The molecule has 3 rings (SSSR count). The molecule has 0 aliphatic carbocycles. The van der Waals surface area contributed by atoms with Crippen molar-refractivity contribution in [2.45, 2.75) is 6.61 Å². The molecule has 0 atom stereocenters. The third-order valence-electron chi connectivity index (χ3n) is 3.10. The van der Waals surface area contributed by atoms with Crippen LogP contribution in [0.15, 0.2) is 41.0 Å². The molecule has 7 heteroatoms. The summed E-state index contributed by atoms with van der Waals surface area (Å²) < 4.78 is 17.3. The van der Waals surface area contributed by atoms with Crippen molar-refractivity contribution in [3.8, 4) is 11.5 Å². The van der Waals surface area contributed by atoms with Crippen LogP contribution in [0.5, 0.6) is 11.5 Å². The number of carbonyl (C=O) groups excluding carboxylic acids is 1. The van der Waals surface area contributed by atoms with E-state index < -0.39 is 5.97 Å². The van der Waals surface area contributed by atoms with Crippen molar-refractivity contribution in [2.24, 2.45) is 0 Å². The van der Waals surface area contributed by atoms with Crippen LogP contribution in [-0.2, 0) is 11.3 Å². The van der Waals surface area contributed by atoms with Crippen LogP contribution < -0.4 is 14.2 Å². The lowest BCUT2D eigenvalue weighted by Crippen LogP contribution is -2.34. The Morgan fingerprint density at radius 1 is 1.27 bits per heavy atom. The second-order valence-electron chi connectivity index (χ2n) is 4.58. The molecular formula is C15H12BrNO5. The molecule has 1 aromatic heterocycles. The summed E-state index contributed by atoms with van der Waals surface area (Å²) >= 11 is 3.40. The van der Waals surface area contributed by atoms with Crippen molar-refractivity contribution < 1.29 is 23.7 Å². The van der Waals surface area contributed by atoms with Gasteiger partial charge in [0.2, 0.25) is 0 Å². The Morgan fingerprint density at radius 3 is 2.73 bits per heavy atom. The van der Waals surface area contributed by atoms with Crippen molar-refractivity contribution in [2.75, 3.05) is 13.2 Å². The number of fused-ring (bicyclic) bond motifs is 1. The van der Waals surface area contributed by atoms with E-state index in [-0.39, 0.29) is 12.3 Å². The standard InChI is InChI=1S/C15H12BrNO5/c16-11-8-14-13(20-5-6-21-14)7-10(11)9-22-15(18)12-3-1-2-4-17(12)19/h1-4,7-8H,5-6,9H2. The largest absolute Gasteiger partial charge is 0.618 e. The summed E-state index contributed by atoms with van der Waals surface area (Å²) in [6.07, 6.45) is 1.25. The smallest absolute Gasteiger partial charge is 0.405 e. The summed E-state index contributed by atoms with van der Waals surface area (Å²) in [4.78, 5) is 11.9. The number of benzene rings is 1. The fourth-order valence-corrected chi connectivity index (χ4v) is 2.46. The summed E-state index contributed by atoms with van der Waals surface area (Å²) in [6, 6.07) is 8.08. The number of esters is 1. The molecule has 0 spiro atoms. The van der Waals surface area contributed by atoms with Gasteiger partial charge in [0.25, 0.3) is 0 Å². The first-order chi connectivity index (χ1) is 10.6. The van der Waals surface area contributed by atoms with Gasteiger partial charge in [-0.3, -0.25) is 0 Å². The summed E-state index contributed by atoms with van der Waals surface area (Å²) in [5.74, 6) is 0.574. The molecule has 2 aromatic rings. The van der Waals surface area contributed by atoms with Gasteiger partial charge in [-0.1, -0.05) is 15.9 Å². The maximum absolute atomic E-state index is 11.9. The number of rotatable bonds is 3. The van der Waals surface area contributed by atoms with Gasteiger partial charge in [-0.2, -0.15) is 4.73 Å². The number of nitrogens with zero attached hydrogens (tertiary/aromatic N) is 1. The molecule has 1 aliphatic heterocycles. The first-order valence-electron chi connectivity index (χ1n) is 6.58. The molecule has 1 aliphatic rings. The van der Waals surface area contributed by atoms with Crippen LogP contribution in [0.2, 0.25) is 0 Å². The van der Waals surface area contributed by atoms with Crippen molar-refractivity contribution in [1.29, 1.82) is 0 Å². The Labute approximate surface area is 134 Å². The molecule has 1 aromatic carbocycles. The first-order valence-corrected chi connectivity index (χ1v) is 7.38. The van der Waals surface area contributed by atoms with E-state index in [9.17, 15) is 10.0 Å². The molecule has 0 fully saturated rings. The van der Waals surface area contributed by atoms with Crippen LogP contribution in [0, 0.1) is 5.21 Å². The molecule has 0 amide bonds. The van der Waals surface area contributed by atoms with Gasteiger partial charge in [0.05, 0.1) is 0 Å². The van der Waals surface area contributed by atoms with E-state index in [4.69, 9.17) is 14.2 Å². The third-order valence-corrected chi connectivity index (χ3v) is 3.84. The molecule has 0 bridgehead atoms.